The molecule has 0 bridgehead atoms. The quantitative estimate of drug-likeness (QED) is 0.669. The summed E-state index contributed by atoms with van der Waals surface area (Å²) in [6, 6.07) is 12.8. The van der Waals surface area contributed by atoms with E-state index in [1.807, 2.05) is 18.2 Å². The Labute approximate surface area is 158 Å². The Morgan fingerprint density at radius 1 is 1.19 bits per heavy atom. The van der Waals surface area contributed by atoms with E-state index >= 15 is 0 Å². The molecule has 0 radical (unpaired) electrons. The molecule has 1 aliphatic heterocycles. The van der Waals surface area contributed by atoms with Crippen LogP contribution in [0.3, 0.4) is 0 Å². The molecule has 1 aromatic heterocycles. The van der Waals surface area contributed by atoms with Crippen molar-refractivity contribution < 1.29 is 13.9 Å². The minimum absolute atomic E-state index is 0.0393. The summed E-state index contributed by atoms with van der Waals surface area (Å²) in [5.41, 5.74) is 3.75. The summed E-state index contributed by atoms with van der Waals surface area (Å²) < 4.78 is 20.3. The van der Waals surface area contributed by atoms with Crippen molar-refractivity contribution in [3.8, 4) is 16.9 Å². The maximum atomic E-state index is 13.6. The molecular weight excluding hydrogens is 399 g/mol. The average molecular weight is 413 g/mol. The molecule has 0 spiro atoms. The number of aromatic nitrogens is 1. The molecule has 0 atom stereocenters. The van der Waals surface area contributed by atoms with E-state index in [4.69, 9.17) is 4.74 Å². The van der Waals surface area contributed by atoms with Crippen LogP contribution in [0.1, 0.15) is 15.9 Å². The van der Waals surface area contributed by atoms with Crippen molar-refractivity contribution in [2.45, 2.75) is 6.42 Å². The fourth-order valence-corrected chi connectivity index (χ4v) is 3.53. The summed E-state index contributed by atoms with van der Waals surface area (Å²) in [6.45, 7) is 0.710. The van der Waals surface area contributed by atoms with Crippen molar-refractivity contribution in [3.63, 3.8) is 0 Å². The molecule has 26 heavy (non-hydrogen) atoms. The Morgan fingerprint density at radius 2 is 2.00 bits per heavy atom. The van der Waals surface area contributed by atoms with Gasteiger partial charge in [-0.2, -0.15) is 0 Å². The van der Waals surface area contributed by atoms with Crippen molar-refractivity contribution in [1.82, 2.24) is 4.98 Å². The second-order valence-electron chi connectivity index (χ2n) is 5.93. The Hall–Kier alpha value is -2.73. The first kappa shape index (κ1) is 16.7. The number of rotatable bonds is 3. The minimum atomic E-state index is -0.649. The maximum absolute atomic E-state index is 13.6. The van der Waals surface area contributed by atoms with Gasteiger partial charge in [-0.25, -0.2) is 4.39 Å². The fraction of sp³-hybridized carbons (Fsp3) is 0.100. The second-order valence-corrected chi connectivity index (χ2v) is 6.78. The number of nitrogens with one attached hydrogen (secondary N) is 1. The zero-order chi connectivity index (χ0) is 18.1. The van der Waals surface area contributed by atoms with Gasteiger partial charge >= 0.3 is 0 Å². The Morgan fingerprint density at radius 3 is 2.77 bits per heavy atom. The Bertz CT molecular complexity index is 990. The lowest BCUT2D eigenvalue weighted by Gasteiger charge is -2.10. The standard InChI is InChI=1S/C20H14BrFN2O2/c21-17-9-13-6-8-26-19(13)10-16(17)12-1-3-14(4-2-12)24-20(25)15-5-7-23-11-18(15)22/h1-5,7,9-11H,6,8H2,(H,24,25). The summed E-state index contributed by atoms with van der Waals surface area (Å²) in [4.78, 5) is 15.8. The molecule has 4 rings (SSSR count). The smallest absolute Gasteiger partial charge is 0.258 e. The summed E-state index contributed by atoms with van der Waals surface area (Å²) in [7, 11) is 0. The lowest BCUT2D eigenvalue weighted by atomic mass is 10.0. The third-order valence-electron chi connectivity index (χ3n) is 4.25. The molecule has 0 unspecified atom stereocenters. The number of benzene rings is 2. The van der Waals surface area contributed by atoms with Crippen molar-refractivity contribution in [2.24, 2.45) is 0 Å². The molecule has 0 saturated carbocycles. The molecule has 1 amide bonds. The van der Waals surface area contributed by atoms with Crippen LogP contribution in [0.15, 0.2) is 59.3 Å². The number of amides is 1. The number of hydrogen-bond acceptors (Lipinski definition) is 3. The number of carbonyl (C=O) groups is 1. The first-order chi connectivity index (χ1) is 12.6. The predicted octanol–water partition coefficient (Wildman–Crippen LogP) is 4.84. The van der Waals surface area contributed by atoms with E-state index in [-0.39, 0.29) is 5.56 Å². The highest BCUT2D eigenvalue weighted by Crippen LogP contribution is 2.37. The van der Waals surface area contributed by atoms with Crippen molar-refractivity contribution in [1.29, 1.82) is 0 Å². The molecule has 0 fully saturated rings. The van der Waals surface area contributed by atoms with Crippen molar-refractivity contribution in [2.75, 3.05) is 11.9 Å². The molecule has 130 valence electrons. The van der Waals surface area contributed by atoms with Gasteiger partial charge in [-0.15, -0.1) is 0 Å². The number of pyridine rings is 1. The summed E-state index contributed by atoms with van der Waals surface area (Å²) >= 11 is 3.61. The molecule has 1 N–H and O–H groups in total. The zero-order valence-electron chi connectivity index (χ0n) is 13.6. The van der Waals surface area contributed by atoms with Gasteiger partial charge in [0, 0.05) is 22.8 Å². The van der Waals surface area contributed by atoms with E-state index < -0.39 is 11.7 Å². The molecule has 2 aromatic carbocycles. The van der Waals surface area contributed by atoms with Gasteiger partial charge in [0.25, 0.3) is 5.91 Å². The molecule has 4 nitrogen and oxygen atoms in total. The lowest BCUT2D eigenvalue weighted by molar-refractivity contribution is 0.102. The van der Waals surface area contributed by atoms with E-state index in [1.54, 1.807) is 12.1 Å². The van der Waals surface area contributed by atoms with Crippen LogP contribution in [0.2, 0.25) is 0 Å². The Kier molecular flexibility index (Phi) is 4.42. The first-order valence-corrected chi connectivity index (χ1v) is 8.87. The van der Waals surface area contributed by atoms with Crippen LogP contribution in [-0.2, 0) is 6.42 Å². The third-order valence-corrected chi connectivity index (χ3v) is 4.91. The number of fused-ring (bicyclic) bond motifs is 1. The van der Waals surface area contributed by atoms with Crippen LogP contribution >= 0.6 is 15.9 Å². The van der Waals surface area contributed by atoms with Gasteiger partial charge < -0.3 is 10.1 Å². The van der Waals surface area contributed by atoms with E-state index in [9.17, 15) is 9.18 Å². The highest BCUT2D eigenvalue weighted by Gasteiger charge is 2.16. The van der Waals surface area contributed by atoms with Gasteiger partial charge in [-0.1, -0.05) is 28.1 Å². The number of halogens is 2. The van der Waals surface area contributed by atoms with E-state index in [0.717, 1.165) is 34.0 Å². The van der Waals surface area contributed by atoms with Gasteiger partial charge in [-0.3, -0.25) is 9.78 Å². The number of carbonyl (C=O) groups excluding carboxylic acids is 1. The molecule has 6 heteroatoms. The number of nitrogens with zero attached hydrogens (tertiary/aromatic N) is 1. The highest BCUT2D eigenvalue weighted by molar-refractivity contribution is 9.10. The molecule has 0 saturated heterocycles. The zero-order valence-corrected chi connectivity index (χ0v) is 15.2. The van der Waals surface area contributed by atoms with E-state index in [2.05, 4.69) is 32.3 Å². The molecule has 3 aromatic rings. The van der Waals surface area contributed by atoms with E-state index in [0.29, 0.717) is 12.3 Å². The highest BCUT2D eigenvalue weighted by atomic mass is 79.9. The monoisotopic (exact) mass is 412 g/mol. The van der Waals surface area contributed by atoms with Crippen molar-refractivity contribution >= 4 is 27.5 Å². The fourth-order valence-electron chi connectivity index (χ4n) is 2.91. The molecule has 1 aliphatic rings. The SMILES string of the molecule is O=C(Nc1ccc(-c2cc3c(cc2Br)CCO3)cc1)c1ccncc1F. The molecule has 0 aliphatic carbocycles. The van der Waals surface area contributed by atoms with Gasteiger partial charge in [0.15, 0.2) is 5.82 Å². The van der Waals surface area contributed by atoms with Gasteiger partial charge in [-0.05, 0) is 47.0 Å². The summed E-state index contributed by atoms with van der Waals surface area (Å²) in [6.07, 6.45) is 3.32. The number of hydrogen-bond donors (Lipinski definition) is 1. The molecular formula is C20H14BrFN2O2. The average Bonchev–Trinajstić information content (AvgIpc) is 3.09. The van der Waals surface area contributed by atoms with Gasteiger partial charge in [0.1, 0.15) is 5.75 Å². The van der Waals surface area contributed by atoms with Crippen LogP contribution in [0.5, 0.6) is 5.75 Å². The van der Waals surface area contributed by atoms with Crippen molar-refractivity contribution in [3.05, 3.63) is 76.3 Å². The van der Waals surface area contributed by atoms with Crippen LogP contribution in [0.25, 0.3) is 11.1 Å². The number of anilines is 1. The predicted molar refractivity (Wildman–Crippen MR) is 101 cm³/mol. The minimum Gasteiger partial charge on any atom is -0.493 e. The topological polar surface area (TPSA) is 51.2 Å². The summed E-state index contributed by atoms with van der Waals surface area (Å²) in [5, 5.41) is 2.69. The van der Waals surface area contributed by atoms with Gasteiger partial charge in [0.2, 0.25) is 0 Å². The maximum Gasteiger partial charge on any atom is 0.258 e. The van der Waals surface area contributed by atoms with Crippen LogP contribution in [0, 0.1) is 5.82 Å². The largest absolute Gasteiger partial charge is 0.493 e. The van der Waals surface area contributed by atoms with Crippen LogP contribution in [-0.4, -0.2) is 17.5 Å². The summed E-state index contributed by atoms with van der Waals surface area (Å²) in [5.74, 6) is -0.248. The number of ether oxygens (including phenoxy) is 1. The third kappa shape index (κ3) is 3.20. The normalized spacial score (nSPS) is 12.4. The van der Waals surface area contributed by atoms with E-state index in [1.165, 1.54) is 17.8 Å². The van der Waals surface area contributed by atoms with Crippen LogP contribution < -0.4 is 10.1 Å². The lowest BCUT2D eigenvalue weighted by Crippen LogP contribution is -2.13. The second kappa shape index (κ2) is 6.88. The van der Waals surface area contributed by atoms with Crippen LogP contribution in [0.4, 0.5) is 10.1 Å². The molecule has 2 heterocycles. The van der Waals surface area contributed by atoms with Gasteiger partial charge in [0.05, 0.1) is 18.4 Å². The Balaban J connectivity index is 1.56. The first-order valence-electron chi connectivity index (χ1n) is 8.08.